The largest absolute Gasteiger partial charge is 0.481 e. The van der Waals surface area contributed by atoms with Crippen LogP contribution >= 0.6 is 0 Å². The van der Waals surface area contributed by atoms with Crippen LogP contribution in [0.25, 0.3) is 0 Å². The summed E-state index contributed by atoms with van der Waals surface area (Å²) >= 11 is 0. The van der Waals surface area contributed by atoms with Gasteiger partial charge in [-0.3, -0.25) is 9.59 Å². The molecule has 15 atom stereocenters. The van der Waals surface area contributed by atoms with Crippen molar-refractivity contribution in [2.24, 2.45) is 50.2 Å². The van der Waals surface area contributed by atoms with Gasteiger partial charge in [0.05, 0.1) is 24.2 Å². The lowest BCUT2D eigenvalue weighted by atomic mass is 9.33. The molecular formula is C36H56O11. The maximum absolute atomic E-state index is 14.4. The highest BCUT2D eigenvalue weighted by Gasteiger charge is 2.72. The lowest BCUT2D eigenvalue weighted by Crippen LogP contribution is -2.68. The number of carbonyl (C=O) groups is 2. The van der Waals surface area contributed by atoms with E-state index in [0.29, 0.717) is 44.9 Å². The first-order chi connectivity index (χ1) is 21.7. The smallest absolute Gasteiger partial charge is 0.317 e. The Labute approximate surface area is 277 Å². The molecule has 0 amide bonds. The first kappa shape index (κ1) is 35.2. The molecule has 11 heteroatoms. The first-order valence-electron chi connectivity index (χ1n) is 17.6. The van der Waals surface area contributed by atoms with Gasteiger partial charge in [0, 0.05) is 0 Å². The van der Waals surface area contributed by atoms with Gasteiger partial charge in [0.1, 0.15) is 29.8 Å². The SMILES string of the molecule is CC1(C)CC[C@]2(C(=O)O[C@H]3O[C@H](CO)[C@@H](O)[C@H](O)[C@H]3O)[C@H](O)C[C@]3(C)C(=CC[C@@H]4[C@@]5(C)CC[C@H](O)[C@@](C)(C(=O)O)[C@@H]5CC[C@]43C)[C@@H]2C1. The molecule has 0 aromatic rings. The molecule has 5 aliphatic carbocycles. The molecule has 1 saturated heterocycles. The average Bonchev–Trinajstić information content (AvgIpc) is 2.99. The quantitative estimate of drug-likeness (QED) is 0.172. The number of esters is 1. The molecule has 7 N–H and O–H groups in total. The molecule has 4 saturated carbocycles. The molecule has 0 unspecified atom stereocenters. The Morgan fingerprint density at radius 2 is 1.53 bits per heavy atom. The summed E-state index contributed by atoms with van der Waals surface area (Å²) < 4.78 is 11.4. The molecular weight excluding hydrogens is 608 g/mol. The van der Waals surface area contributed by atoms with E-state index in [1.165, 1.54) is 0 Å². The average molecular weight is 665 g/mol. The van der Waals surface area contributed by atoms with E-state index in [1.54, 1.807) is 6.92 Å². The van der Waals surface area contributed by atoms with Crippen LogP contribution in [-0.2, 0) is 19.1 Å². The minimum Gasteiger partial charge on any atom is -0.481 e. The van der Waals surface area contributed by atoms with E-state index < -0.39 is 77.7 Å². The number of carboxylic acid groups (broad SMARTS) is 1. The van der Waals surface area contributed by atoms with Crippen LogP contribution in [0.4, 0.5) is 0 Å². The second kappa shape index (κ2) is 11.2. The molecule has 11 nitrogen and oxygen atoms in total. The molecule has 0 aromatic carbocycles. The summed E-state index contributed by atoms with van der Waals surface area (Å²) in [5.41, 5.74) is -2.77. The van der Waals surface area contributed by atoms with Crippen molar-refractivity contribution >= 4 is 11.9 Å². The summed E-state index contributed by atoms with van der Waals surface area (Å²) in [5, 5.41) is 74.7. The number of rotatable bonds is 4. The molecule has 6 rings (SSSR count). The van der Waals surface area contributed by atoms with Crippen molar-refractivity contribution in [3.8, 4) is 0 Å². The molecule has 1 heterocycles. The summed E-state index contributed by atoms with van der Waals surface area (Å²) in [4.78, 5) is 27.1. The van der Waals surface area contributed by atoms with Crippen LogP contribution in [0.15, 0.2) is 11.6 Å². The van der Waals surface area contributed by atoms with E-state index in [1.807, 2.05) is 0 Å². The minimum absolute atomic E-state index is 0.103. The van der Waals surface area contributed by atoms with Crippen LogP contribution in [0.2, 0.25) is 0 Å². The van der Waals surface area contributed by atoms with Gasteiger partial charge in [0.25, 0.3) is 0 Å². The van der Waals surface area contributed by atoms with E-state index in [0.717, 1.165) is 18.4 Å². The maximum Gasteiger partial charge on any atom is 0.317 e. The molecule has 6 aliphatic rings. The van der Waals surface area contributed by atoms with Crippen molar-refractivity contribution in [2.45, 2.75) is 142 Å². The first-order valence-corrected chi connectivity index (χ1v) is 17.6. The van der Waals surface area contributed by atoms with Gasteiger partial charge in [-0.15, -0.1) is 0 Å². The Balaban J connectivity index is 1.39. The van der Waals surface area contributed by atoms with Gasteiger partial charge in [0.15, 0.2) is 0 Å². The minimum atomic E-state index is -1.74. The van der Waals surface area contributed by atoms with Gasteiger partial charge in [-0.25, -0.2) is 0 Å². The predicted octanol–water partition coefficient (Wildman–Crippen LogP) is 2.53. The number of aliphatic carboxylic acids is 1. The van der Waals surface area contributed by atoms with Gasteiger partial charge >= 0.3 is 11.9 Å². The topological polar surface area (TPSA) is 194 Å². The normalized spacial score (nSPS) is 53.7. The molecule has 0 radical (unpaired) electrons. The Morgan fingerprint density at radius 3 is 2.17 bits per heavy atom. The fourth-order valence-corrected chi connectivity index (χ4v) is 12.1. The van der Waals surface area contributed by atoms with Crippen LogP contribution in [-0.4, -0.2) is 97.2 Å². The van der Waals surface area contributed by atoms with Crippen molar-refractivity contribution in [2.75, 3.05) is 6.61 Å². The van der Waals surface area contributed by atoms with Crippen LogP contribution in [0.1, 0.15) is 99.3 Å². The number of hydrogen-bond donors (Lipinski definition) is 7. The Morgan fingerprint density at radius 1 is 0.851 bits per heavy atom. The van der Waals surface area contributed by atoms with Gasteiger partial charge in [-0.2, -0.15) is 0 Å². The fourth-order valence-electron chi connectivity index (χ4n) is 12.1. The number of ether oxygens (including phenoxy) is 2. The highest BCUT2D eigenvalue weighted by molar-refractivity contribution is 5.80. The molecule has 1 aliphatic heterocycles. The lowest BCUT2D eigenvalue weighted by molar-refractivity contribution is -0.299. The zero-order chi connectivity index (χ0) is 34.7. The van der Waals surface area contributed by atoms with E-state index >= 15 is 0 Å². The number of carbonyl (C=O) groups excluding carboxylic acids is 1. The van der Waals surface area contributed by atoms with Gasteiger partial charge in [0.2, 0.25) is 6.29 Å². The number of hydrogen-bond acceptors (Lipinski definition) is 10. The number of aliphatic hydroxyl groups is 6. The maximum atomic E-state index is 14.4. The zero-order valence-electron chi connectivity index (χ0n) is 28.7. The number of allylic oxidation sites excluding steroid dienone is 2. The highest BCUT2D eigenvalue weighted by atomic mass is 16.7. The third-order valence-electron chi connectivity index (χ3n) is 15.2. The molecule has 0 aromatic heterocycles. The van der Waals surface area contributed by atoms with Crippen molar-refractivity contribution < 1.29 is 54.8 Å². The Bertz CT molecular complexity index is 1310. The monoisotopic (exact) mass is 664 g/mol. The van der Waals surface area contributed by atoms with E-state index in [2.05, 4.69) is 40.7 Å². The van der Waals surface area contributed by atoms with Crippen LogP contribution < -0.4 is 0 Å². The Hall–Kier alpha value is -1.60. The second-order valence-corrected chi connectivity index (χ2v) is 17.7. The lowest BCUT2D eigenvalue weighted by Gasteiger charge is -2.71. The molecule has 0 spiro atoms. The standard InChI is InChI=1S/C36H56O11/c1-31(2)13-14-36(30(45)47-28-27(42)26(41)25(40)20(17-37)46-28)19(15-31)18-7-8-21-32(3)11-10-23(38)35(6,29(43)44)22(32)9-12-33(21,4)34(18,5)16-24(36)39/h7,19-28,37-42H,8-17H2,1-6H3,(H,43,44)/t19-,20+,21+,22+,23-,24+,25+,26-,27+,28+,32+,33+,34+,35-,36+/m0/s1. The van der Waals surface area contributed by atoms with Crippen molar-refractivity contribution in [1.82, 2.24) is 0 Å². The van der Waals surface area contributed by atoms with Crippen molar-refractivity contribution in [1.29, 1.82) is 0 Å². The van der Waals surface area contributed by atoms with E-state index in [9.17, 15) is 45.3 Å². The summed E-state index contributed by atoms with van der Waals surface area (Å²) in [6.45, 7) is 12.1. The summed E-state index contributed by atoms with van der Waals surface area (Å²) in [6, 6.07) is 0. The molecule has 5 fully saturated rings. The third kappa shape index (κ3) is 4.62. The van der Waals surface area contributed by atoms with Crippen molar-refractivity contribution in [3.63, 3.8) is 0 Å². The van der Waals surface area contributed by atoms with Crippen LogP contribution in [0, 0.1) is 50.2 Å². The van der Waals surface area contributed by atoms with E-state index in [-0.39, 0.29) is 34.0 Å². The van der Waals surface area contributed by atoms with Crippen molar-refractivity contribution in [3.05, 3.63) is 11.6 Å². The fraction of sp³-hybridized carbons (Fsp3) is 0.889. The van der Waals surface area contributed by atoms with Crippen LogP contribution in [0.5, 0.6) is 0 Å². The third-order valence-corrected chi connectivity index (χ3v) is 15.2. The van der Waals surface area contributed by atoms with Gasteiger partial charge < -0.3 is 45.2 Å². The summed E-state index contributed by atoms with van der Waals surface area (Å²) in [6.07, 6.45) is -2.51. The predicted molar refractivity (Wildman–Crippen MR) is 168 cm³/mol. The van der Waals surface area contributed by atoms with Gasteiger partial charge in [-0.1, -0.05) is 46.3 Å². The second-order valence-electron chi connectivity index (χ2n) is 17.7. The number of fused-ring (bicyclic) bond motifs is 7. The zero-order valence-corrected chi connectivity index (χ0v) is 28.7. The van der Waals surface area contributed by atoms with Crippen LogP contribution in [0.3, 0.4) is 0 Å². The number of carboxylic acids is 1. The Kier molecular flexibility index (Phi) is 8.40. The van der Waals surface area contributed by atoms with Gasteiger partial charge in [-0.05, 0) is 104 Å². The highest BCUT2D eigenvalue weighted by Crippen LogP contribution is 2.76. The molecule has 266 valence electrons. The molecule has 47 heavy (non-hydrogen) atoms. The number of aliphatic hydroxyl groups excluding tert-OH is 6. The molecule has 0 bridgehead atoms. The van der Waals surface area contributed by atoms with E-state index in [4.69, 9.17) is 9.47 Å². The summed E-state index contributed by atoms with van der Waals surface area (Å²) in [5.74, 6) is -2.16. The summed E-state index contributed by atoms with van der Waals surface area (Å²) in [7, 11) is 0.